The maximum atomic E-state index is 11.8. The second kappa shape index (κ2) is 8.49. The van der Waals surface area contributed by atoms with Crippen molar-refractivity contribution in [1.29, 1.82) is 0 Å². The number of pyridine rings is 1. The minimum absolute atomic E-state index is 0.0409. The number of sulfone groups is 1. The van der Waals surface area contributed by atoms with E-state index in [1.165, 1.54) is 11.6 Å². The van der Waals surface area contributed by atoms with E-state index in [0.29, 0.717) is 22.8 Å². The summed E-state index contributed by atoms with van der Waals surface area (Å²) >= 11 is 0. The van der Waals surface area contributed by atoms with E-state index in [2.05, 4.69) is 41.2 Å². The average molecular weight is 477 g/mol. The van der Waals surface area contributed by atoms with Crippen molar-refractivity contribution in [3.05, 3.63) is 66.1 Å². The Balaban J connectivity index is 1.40. The Morgan fingerprint density at radius 3 is 2.50 bits per heavy atom. The van der Waals surface area contributed by atoms with E-state index >= 15 is 0 Å². The Bertz CT molecular complexity index is 1510. The molecule has 1 aliphatic rings. The normalized spacial score (nSPS) is 14.3. The largest absolute Gasteiger partial charge is 0.337 e. The molecule has 5 rings (SSSR count). The number of nitrogens with one attached hydrogen (secondary N) is 1. The molecule has 1 aliphatic heterocycles. The summed E-state index contributed by atoms with van der Waals surface area (Å²) in [5.74, 6) is 1.30. The van der Waals surface area contributed by atoms with Crippen molar-refractivity contribution in [3.63, 3.8) is 0 Å². The lowest BCUT2D eigenvalue weighted by Gasteiger charge is -2.26. The van der Waals surface area contributed by atoms with Crippen LogP contribution in [0.25, 0.3) is 11.2 Å². The van der Waals surface area contributed by atoms with Gasteiger partial charge in [0.05, 0.1) is 23.3 Å². The van der Waals surface area contributed by atoms with E-state index in [9.17, 15) is 8.42 Å². The Hall–Kier alpha value is -3.86. The number of anilines is 3. The highest BCUT2D eigenvalue weighted by molar-refractivity contribution is 7.90. The van der Waals surface area contributed by atoms with Gasteiger partial charge in [0.15, 0.2) is 26.3 Å². The van der Waals surface area contributed by atoms with Crippen LogP contribution in [0.3, 0.4) is 0 Å². The quantitative estimate of drug-likeness (QED) is 0.464. The molecular weight excluding hydrogens is 452 g/mol. The molecule has 0 radical (unpaired) electrons. The van der Waals surface area contributed by atoms with Gasteiger partial charge in [-0.25, -0.2) is 33.3 Å². The number of imidazole rings is 1. The molecule has 34 heavy (non-hydrogen) atoms. The van der Waals surface area contributed by atoms with Crippen molar-refractivity contribution in [2.24, 2.45) is 0 Å². The molecule has 0 saturated heterocycles. The Morgan fingerprint density at radius 2 is 1.82 bits per heavy atom. The zero-order chi connectivity index (χ0) is 23.9. The highest BCUT2D eigenvalue weighted by Crippen LogP contribution is 2.28. The van der Waals surface area contributed by atoms with Gasteiger partial charge in [-0.15, -0.1) is 0 Å². The summed E-state index contributed by atoms with van der Waals surface area (Å²) in [5.41, 5.74) is 5.15. The fourth-order valence-corrected chi connectivity index (χ4v) is 4.50. The molecule has 0 amide bonds. The van der Waals surface area contributed by atoms with E-state index < -0.39 is 9.84 Å². The topological polar surface area (TPSA) is 118 Å². The maximum Gasteiger partial charge on any atom is 0.225 e. The van der Waals surface area contributed by atoms with Gasteiger partial charge in [-0.05, 0) is 43.5 Å². The van der Waals surface area contributed by atoms with Gasteiger partial charge in [-0.2, -0.15) is 0 Å². The molecule has 1 N–H and O–H groups in total. The number of hydrogen-bond acceptors (Lipinski definition) is 9. The Labute approximate surface area is 197 Å². The first-order valence-electron chi connectivity index (χ1n) is 10.8. The van der Waals surface area contributed by atoms with Gasteiger partial charge < -0.3 is 10.2 Å². The molecule has 0 bridgehead atoms. The molecule has 0 fully saturated rings. The Kier molecular flexibility index (Phi) is 5.48. The zero-order valence-electron chi connectivity index (χ0n) is 19.1. The third-order valence-electron chi connectivity index (χ3n) is 5.71. The molecule has 0 aromatic carbocycles. The predicted octanol–water partition coefficient (Wildman–Crippen LogP) is 2.97. The summed E-state index contributed by atoms with van der Waals surface area (Å²) in [7, 11) is -3.37. The van der Waals surface area contributed by atoms with E-state index in [1.54, 1.807) is 19.2 Å². The summed E-state index contributed by atoms with van der Waals surface area (Å²) in [5, 5.41) is 3.29. The lowest BCUT2D eigenvalue weighted by Crippen LogP contribution is -2.30. The first kappa shape index (κ1) is 22.0. The molecule has 0 atom stereocenters. The highest BCUT2D eigenvalue weighted by Gasteiger charge is 2.19. The summed E-state index contributed by atoms with van der Waals surface area (Å²) in [6.45, 7) is 5.27. The Morgan fingerprint density at radius 1 is 1.03 bits per heavy atom. The summed E-state index contributed by atoms with van der Waals surface area (Å²) in [6, 6.07) is 3.18. The van der Waals surface area contributed by atoms with Gasteiger partial charge in [0, 0.05) is 44.1 Å². The van der Waals surface area contributed by atoms with E-state index in [4.69, 9.17) is 0 Å². The van der Waals surface area contributed by atoms with Crippen LogP contribution in [-0.4, -0.2) is 57.1 Å². The molecule has 0 aliphatic carbocycles. The fraction of sp³-hybridized carbons (Fsp3) is 0.261. The standard InChI is InChI=1S/C23H24N8O2S/c1-15-12-26-23(27-13-15)30-9-6-17(7-10-30)19-14-25-22-21(24-8-11-31(19)22)29-18-4-5-20(28-16(18)2)34(3,32)33/h4-6,8,11-14H,7,9-10H2,1-3H3,(H,24,29). The van der Waals surface area contributed by atoms with Gasteiger partial charge >= 0.3 is 0 Å². The smallest absolute Gasteiger partial charge is 0.225 e. The summed E-state index contributed by atoms with van der Waals surface area (Å²) in [4.78, 5) is 24.3. The van der Waals surface area contributed by atoms with E-state index in [1.807, 2.05) is 36.1 Å². The number of aromatic nitrogens is 6. The lowest BCUT2D eigenvalue weighted by molar-refractivity contribution is 0.598. The van der Waals surface area contributed by atoms with Gasteiger partial charge in [-0.3, -0.25) is 4.40 Å². The van der Waals surface area contributed by atoms with Crippen LogP contribution < -0.4 is 10.2 Å². The molecule has 0 saturated carbocycles. The third kappa shape index (κ3) is 4.21. The number of hydrogen-bond donors (Lipinski definition) is 1. The van der Waals surface area contributed by atoms with Crippen molar-refractivity contribution in [2.75, 3.05) is 29.6 Å². The van der Waals surface area contributed by atoms with Gasteiger partial charge in [0.2, 0.25) is 5.95 Å². The molecule has 4 aromatic heterocycles. The fourth-order valence-electron chi connectivity index (χ4n) is 3.88. The minimum atomic E-state index is -3.37. The minimum Gasteiger partial charge on any atom is -0.337 e. The molecule has 11 heteroatoms. The van der Waals surface area contributed by atoms with Gasteiger partial charge in [0.25, 0.3) is 0 Å². The average Bonchev–Trinajstić information content (AvgIpc) is 3.25. The van der Waals surface area contributed by atoms with Crippen molar-refractivity contribution >= 4 is 38.5 Å². The van der Waals surface area contributed by atoms with Crippen LogP contribution in [0.5, 0.6) is 0 Å². The first-order chi connectivity index (χ1) is 16.3. The zero-order valence-corrected chi connectivity index (χ0v) is 19.9. The highest BCUT2D eigenvalue weighted by atomic mass is 32.2. The van der Waals surface area contributed by atoms with Gasteiger partial charge in [0.1, 0.15) is 0 Å². The van der Waals surface area contributed by atoms with Crippen molar-refractivity contribution in [1.82, 2.24) is 29.3 Å². The molecule has 5 heterocycles. The van der Waals surface area contributed by atoms with E-state index in [-0.39, 0.29) is 5.03 Å². The lowest BCUT2D eigenvalue weighted by atomic mass is 10.1. The maximum absolute atomic E-state index is 11.8. The molecule has 174 valence electrons. The second-order valence-corrected chi connectivity index (χ2v) is 10.2. The summed E-state index contributed by atoms with van der Waals surface area (Å²) < 4.78 is 25.6. The van der Waals surface area contributed by atoms with Crippen molar-refractivity contribution in [3.8, 4) is 0 Å². The molecule has 4 aromatic rings. The van der Waals surface area contributed by atoms with Crippen LogP contribution >= 0.6 is 0 Å². The monoisotopic (exact) mass is 476 g/mol. The molecular formula is C23H24N8O2S. The number of nitrogens with zero attached hydrogens (tertiary/aromatic N) is 7. The second-order valence-electron chi connectivity index (χ2n) is 8.28. The third-order valence-corrected chi connectivity index (χ3v) is 6.70. The van der Waals surface area contributed by atoms with Crippen LogP contribution in [0, 0.1) is 13.8 Å². The van der Waals surface area contributed by atoms with E-state index in [0.717, 1.165) is 43.0 Å². The van der Waals surface area contributed by atoms with Crippen molar-refractivity contribution < 1.29 is 8.42 Å². The van der Waals surface area contributed by atoms with Crippen LogP contribution in [0.4, 0.5) is 17.5 Å². The number of rotatable bonds is 5. The summed E-state index contributed by atoms with van der Waals surface area (Å²) in [6.07, 6.45) is 13.3. The first-order valence-corrected chi connectivity index (χ1v) is 12.7. The number of fused-ring (bicyclic) bond motifs is 1. The van der Waals surface area contributed by atoms with Crippen LogP contribution in [-0.2, 0) is 9.84 Å². The molecule has 0 unspecified atom stereocenters. The van der Waals surface area contributed by atoms with Crippen LogP contribution in [0.2, 0.25) is 0 Å². The van der Waals surface area contributed by atoms with Crippen molar-refractivity contribution in [2.45, 2.75) is 25.3 Å². The number of aryl methyl sites for hydroxylation is 2. The van der Waals surface area contributed by atoms with Gasteiger partial charge in [-0.1, -0.05) is 6.08 Å². The predicted molar refractivity (Wildman–Crippen MR) is 130 cm³/mol. The van der Waals surface area contributed by atoms with Crippen LogP contribution in [0.1, 0.15) is 23.4 Å². The molecule has 10 nitrogen and oxygen atoms in total. The molecule has 0 spiro atoms. The SMILES string of the molecule is Cc1cnc(N2CC=C(c3cnc4c(Nc5ccc(S(C)(=O)=O)nc5C)nccn34)CC2)nc1. The van der Waals surface area contributed by atoms with Crippen LogP contribution in [0.15, 0.2) is 54.2 Å².